The summed E-state index contributed by atoms with van der Waals surface area (Å²) in [5.41, 5.74) is 6.88. The molecule has 0 atom stereocenters. The molecule has 4 heterocycles. The van der Waals surface area contributed by atoms with Crippen molar-refractivity contribution in [2.45, 2.75) is 11.3 Å². The maximum atomic E-state index is 6.34. The summed E-state index contributed by atoms with van der Waals surface area (Å²) in [5.74, 6) is 0. The zero-order valence-electron chi connectivity index (χ0n) is 16.7. The van der Waals surface area contributed by atoms with Gasteiger partial charge in [0.05, 0.1) is 36.1 Å². The summed E-state index contributed by atoms with van der Waals surface area (Å²) < 4.78 is 13.7. The van der Waals surface area contributed by atoms with E-state index in [0.717, 1.165) is 48.7 Å². The number of ether oxygens (including phenoxy) is 1. The normalized spacial score (nSPS) is 19.1. The minimum atomic E-state index is 0.688. The molecule has 0 spiro atoms. The molecule has 31 heavy (non-hydrogen) atoms. The second-order valence-corrected chi connectivity index (χ2v) is 10.9. The van der Waals surface area contributed by atoms with Crippen LogP contribution in [0, 0.1) is 0 Å². The smallest absolute Gasteiger partial charge is 0.298 e. The SMILES string of the molecule is Clc1ccc2c(c1)C1=C(CCN(c3ccc4oc(N5CCOCC5)nc4c3)C1)N(I)S2. The van der Waals surface area contributed by atoms with Gasteiger partial charge >= 0.3 is 0 Å². The quantitative estimate of drug-likeness (QED) is 0.227. The van der Waals surface area contributed by atoms with Gasteiger partial charge in [-0.05, 0) is 53.9 Å². The van der Waals surface area contributed by atoms with Gasteiger partial charge in [-0.2, -0.15) is 4.98 Å². The van der Waals surface area contributed by atoms with E-state index in [1.165, 1.54) is 27.4 Å². The van der Waals surface area contributed by atoms with Crippen molar-refractivity contribution in [3.05, 3.63) is 52.7 Å². The Balaban J connectivity index is 1.31. The average Bonchev–Trinajstić information content (AvgIpc) is 3.23. The molecular formula is C22H20ClIN4O2S. The molecule has 9 heteroatoms. The highest BCUT2D eigenvalue weighted by Gasteiger charge is 2.30. The second kappa shape index (κ2) is 8.06. The predicted molar refractivity (Wildman–Crippen MR) is 134 cm³/mol. The van der Waals surface area contributed by atoms with Gasteiger partial charge in [0, 0.05) is 59.5 Å². The second-order valence-electron chi connectivity index (χ2n) is 7.82. The molecule has 0 bridgehead atoms. The summed E-state index contributed by atoms with van der Waals surface area (Å²) in [6, 6.07) is 13.2. The number of oxazole rings is 1. The Kier molecular flexibility index (Phi) is 5.20. The summed E-state index contributed by atoms with van der Waals surface area (Å²) in [4.78, 5) is 10.6. The Hall–Kier alpha value is -1.62. The highest BCUT2D eigenvalue weighted by Crippen LogP contribution is 2.47. The number of morpholine rings is 1. The molecule has 0 radical (unpaired) electrons. The van der Waals surface area contributed by atoms with Crippen molar-refractivity contribution in [2.75, 3.05) is 49.2 Å². The lowest BCUT2D eigenvalue weighted by atomic mass is 9.97. The number of rotatable bonds is 2. The van der Waals surface area contributed by atoms with Crippen LogP contribution in [-0.2, 0) is 4.74 Å². The molecule has 3 aromatic rings. The van der Waals surface area contributed by atoms with E-state index < -0.39 is 0 Å². The highest BCUT2D eigenvalue weighted by molar-refractivity contribution is 14.1. The predicted octanol–water partition coefficient (Wildman–Crippen LogP) is 5.61. The summed E-state index contributed by atoms with van der Waals surface area (Å²) >= 11 is 10.5. The zero-order chi connectivity index (χ0) is 20.9. The van der Waals surface area contributed by atoms with Crippen molar-refractivity contribution >= 4 is 74.8 Å². The van der Waals surface area contributed by atoms with Crippen molar-refractivity contribution in [3.8, 4) is 0 Å². The van der Waals surface area contributed by atoms with Gasteiger partial charge < -0.3 is 19.0 Å². The van der Waals surface area contributed by atoms with Crippen molar-refractivity contribution in [1.82, 2.24) is 7.50 Å². The van der Waals surface area contributed by atoms with Crippen LogP contribution in [-0.4, -0.2) is 46.9 Å². The van der Waals surface area contributed by atoms with Gasteiger partial charge in [0.15, 0.2) is 5.58 Å². The molecule has 6 rings (SSSR count). The number of hydrogen-bond acceptors (Lipinski definition) is 7. The van der Waals surface area contributed by atoms with Gasteiger partial charge in [-0.1, -0.05) is 11.6 Å². The van der Waals surface area contributed by atoms with E-state index >= 15 is 0 Å². The van der Waals surface area contributed by atoms with E-state index in [1.54, 1.807) is 11.9 Å². The standard InChI is InChI=1S/C22H20ClIN4O2S/c23-14-1-4-21-16(11-14)17-13-27(6-5-19(17)28(24)31-21)15-2-3-20-18(12-15)25-22(30-20)26-7-9-29-10-8-26/h1-4,11-12H,5-10,13H2. The molecule has 1 saturated heterocycles. The maximum absolute atomic E-state index is 6.34. The first kappa shape index (κ1) is 20.0. The number of benzene rings is 2. The fraction of sp³-hybridized carbons (Fsp3) is 0.318. The van der Waals surface area contributed by atoms with E-state index in [-0.39, 0.29) is 0 Å². The van der Waals surface area contributed by atoms with Gasteiger partial charge in [0.2, 0.25) is 0 Å². The van der Waals surface area contributed by atoms with E-state index in [1.807, 2.05) is 12.1 Å². The monoisotopic (exact) mass is 566 g/mol. The van der Waals surface area contributed by atoms with Gasteiger partial charge in [0.1, 0.15) is 5.52 Å². The van der Waals surface area contributed by atoms with Crippen LogP contribution in [0.2, 0.25) is 5.02 Å². The number of anilines is 2. The third-order valence-corrected chi connectivity index (χ3v) is 8.32. The lowest BCUT2D eigenvalue weighted by Crippen LogP contribution is -2.36. The Morgan fingerprint density at radius 1 is 1.03 bits per heavy atom. The van der Waals surface area contributed by atoms with Gasteiger partial charge in [-0.3, -0.25) is 2.52 Å². The molecule has 1 fully saturated rings. The fourth-order valence-electron chi connectivity index (χ4n) is 4.36. The van der Waals surface area contributed by atoms with Crippen LogP contribution < -0.4 is 9.80 Å². The van der Waals surface area contributed by atoms with Crippen molar-refractivity contribution in [1.29, 1.82) is 0 Å². The Morgan fingerprint density at radius 2 is 1.90 bits per heavy atom. The Morgan fingerprint density at radius 3 is 2.77 bits per heavy atom. The van der Waals surface area contributed by atoms with Crippen LogP contribution in [0.25, 0.3) is 16.7 Å². The molecule has 0 aliphatic carbocycles. The van der Waals surface area contributed by atoms with Crippen LogP contribution >= 0.6 is 46.4 Å². The van der Waals surface area contributed by atoms with E-state index in [4.69, 9.17) is 25.7 Å². The van der Waals surface area contributed by atoms with Crippen molar-refractivity contribution in [2.24, 2.45) is 0 Å². The van der Waals surface area contributed by atoms with Crippen LogP contribution in [0.3, 0.4) is 0 Å². The molecule has 3 aliphatic heterocycles. The summed E-state index contributed by atoms with van der Waals surface area (Å²) in [6.07, 6.45) is 0.993. The first-order valence-corrected chi connectivity index (χ1v) is 12.4. The van der Waals surface area contributed by atoms with Crippen LogP contribution in [0.5, 0.6) is 0 Å². The first-order chi connectivity index (χ1) is 15.2. The number of hydrogen-bond donors (Lipinski definition) is 0. The number of aromatic nitrogens is 1. The lowest BCUT2D eigenvalue weighted by molar-refractivity contribution is 0.120. The maximum Gasteiger partial charge on any atom is 0.298 e. The van der Waals surface area contributed by atoms with Crippen LogP contribution in [0.1, 0.15) is 12.0 Å². The molecule has 160 valence electrons. The molecule has 3 aliphatic rings. The lowest BCUT2D eigenvalue weighted by Gasteiger charge is -2.38. The van der Waals surface area contributed by atoms with Gasteiger partial charge in [-0.15, -0.1) is 0 Å². The Labute approximate surface area is 203 Å². The van der Waals surface area contributed by atoms with Crippen molar-refractivity contribution in [3.63, 3.8) is 0 Å². The third-order valence-electron chi connectivity index (χ3n) is 5.98. The molecule has 1 aromatic heterocycles. The van der Waals surface area contributed by atoms with Gasteiger partial charge in [-0.25, -0.2) is 0 Å². The van der Waals surface area contributed by atoms with Crippen LogP contribution in [0.4, 0.5) is 11.7 Å². The molecule has 2 aromatic carbocycles. The van der Waals surface area contributed by atoms with E-state index in [2.05, 4.69) is 59.4 Å². The summed E-state index contributed by atoms with van der Waals surface area (Å²) in [6.45, 7) is 4.88. The molecule has 0 saturated carbocycles. The Bertz CT molecular complexity index is 1190. The molecule has 0 N–H and O–H groups in total. The number of nitrogens with zero attached hydrogens (tertiary/aromatic N) is 4. The first-order valence-electron chi connectivity index (χ1n) is 10.3. The molecular weight excluding hydrogens is 547 g/mol. The highest BCUT2D eigenvalue weighted by atomic mass is 127. The van der Waals surface area contributed by atoms with E-state index in [9.17, 15) is 0 Å². The minimum Gasteiger partial charge on any atom is -0.423 e. The minimum absolute atomic E-state index is 0.688. The van der Waals surface area contributed by atoms with Gasteiger partial charge in [0.25, 0.3) is 6.01 Å². The molecule has 0 unspecified atom stereocenters. The van der Waals surface area contributed by atoms with E-state index in [0.29, 0.717) is 19.2 Å². The zero-order valence-corrected chi connectivity index (χ0v) is 20.4. The third kappa shape index (κ3) is 3.67. The molecule has 6 nitrogen and oxygen atoms in total. The topological polar surface area (TPSA) is 45.0 Å². The van der Waals surface area contributed by atoms with Crippen LogP contribution in [0.15, 0.2) is 51.4 Å². The number of halogens is 2. The largest absolute Gasteiger partial charge is 0.423 e. The van der Waals surface area contributed by atoms with Crippen molar-refractivity contribution < 1.29 is 9.15 Å². The molecule has 0 amide bonds. The average molecular weight is 567 g/mol. The fourth-order valence-corrected chi connectivity index (χ4v) is 6.59. The summed E-state index contributed by atoms with van der Waals surface area (Å²) in [7, 11) is 0. The summed E-state index contributed by atoms with van der Waals surface area (Å²) in [5, 5.41) is 0.782. The number of fused-ring (bicyclic) bond motifs is 3.